The maximum atomic E-state index is 12.1. The predicted molar refractivity (Wildman–Crippen MR) is 73.0 cm³/mol. The van der Waals surface area contributed by atoms with Crippen LogP contribution in [-0.2, 0) is 6.54 Å². The molecule has 0 fully saturated rings. The van der Waals surface area contributed by atoms with Crippen molar-refractivity contribution < 1.29 is 5.11 Å². The van der Waals surface area contributed by atoms with Crippen LogP contribution in [0.2, 0.25) is 0 Å². The molecule has 98 valence electrons. The Morgan fingerprint density at radius 3 is 3.22 bits per heavy atom. The molecule has 0 aliphatic heterocycles. The van der Waals surface area contributed by atoms with Crippen LogP contribution in [0.1, 0.15) is 13.3 Å². The first-order valence-corrected chi connectivity index (χ1v) is 6.91. The van der Waals surface area contributed by atoms with E-state index in [-0.39, 0.29) is 12.1 Å². The standard InChI is InChI=1S/C12H17N3O2S/c1-2-4-13-6-9(16)7-15-8-14-10-3-5-18-11(10)12(15)17/h3,5,8-9,13,16H,2,4,6-7H2,1H3. The summed E-state index contributed by atoms with van der Waals surface area (Å²) >= 11 is 1.38. The van der Waals surface area contributed by atoms with Gasteiger partial charge in [0.1, 0.15) is 4.70 Å². The zero-order valence-corrected chi connectivity index (χ0v) is 11.1. The van der Waals surface area contributed by atoms with Crippen LogP contribution in [0.25, 0.3) is 10.2 Å². The monoisotopic (exact) mass is 267 g/mol. The summed E-state index contributed by atoms with van der Waals surface area (Å²) in [5, 5.41) is 14.8. The minimum atomic E-state index is -0.575. The molecule has 0 radical (unpaired) electrons. The highest BCUT2D eigenvalue weighted by molar-refractivity contribution is 7.17. The average molecular weight is 267 g/mol. The van der Waals surface area contributed by atoms with E-state index >= 15 is 0 Å². The molecule has 5 nitrogen and oxygen atoms in total. The number of aliphatic hydroxyl groups is 1. The zero-order chi connectivity index (χ0) is 13.0. The summed E-state index contributed by atoms with van der Waals surface area (Å²) < 4.78 is 2.11. The van der Waals surface area contributed by atoms with Gasteiger partial charge in [0, 0.05) is 6.54 Å². The molecule has 18 heavy (non-hydrogen) atoms. The van der Waals surface area contributed by atoms with E-state index in [1.807, 2.05) is 11.4 Å². The van der Waals surface area contributed by atoms with Crippen LogP contribution in [-0.4, -0.2) is 33.9 Å². The van der Waals surface area contributed by atoms with E-state index in [1.165, 1.54) is 22.2 Å². The third-order valence-corrected chi connectivity index (χ3v) is 3.54. The predicted octanol–water partition coefficient (Wildman–Crippen LogP) is 0.818. The Hall–Kier alpha value is -1.24. The van der Waals surface area contributed by atoms with Gasteiger partial charge in [-0.2, -0.15) is 0 Å². The number of hydrogen-bond acceptors (Lipinski definition) is 5. The van der Waals surface area contributed by atoms with Crippen molar-refractivity contribution >= 4 is 21.6 Å². The minimum Gasteiger partial charge on any atom is -0.390 e. The molecule has 2 heterocycles. The lowest BCUT2D eigenvalue weighted by molar-refractivity contribution is 0.150. The second-order valence-corrected chi connectivity index (χ2v) is 5.11. The second-order valence-electron chi connectivity index (χ2n) is 4.19. The van der Waals surface area contributed by atoms with Crippen LogP contribution in [0.15, 0.2) is 22.6 Å². The van der Waals surface area contributed by atoms with Crippen LogP contribution in [0.4, 0.5) is 0 Å². The third-order valence-electron chi connectivity index (χ3n) is 2.65. The van der Waals surface area contributed by atoms with E-state index in [0.717, 1.165) is 18.5 Å². The summed E-state index contributed by atoms with van der Waals surface area (Å²) in [7, 11) is 0. The van der Waals surface area contributed by atoms with E-state index in [1.54, 1.807) is 0 Å². The molecule has 0 saturated carbocycles. The minimum absolute atomic E-state index is 0.0791. The van der Waals surface area contributed by atoms with Crippen molar-refractivity contribution in [1.29, 1.82) is 0 Å². The highest BCUT2D eigenvalue weighted by Crippen LogP contribution is 2.13. The quantitative estimate of drug-likeness (QED) is 0.760. The third kappa shape index (κ3) is 2.95. The lowest BCUT2D eigenvalue weighted by atomic mass is 10.3. The summed E-state index contributed by atoms with van der Waals surface area (Å²) in [6.07, 6.45) is 1.95. The normalized spacial score (nSPS) is 13.0. The average Bonchev–Trinajstić information content (AvgIpc) is 2.82. The van der Waals surface area contributed by atoms with E-state index in [2.05, 4.69) is 17.2 Å². The molecule has 2 aromatic rings. The van der Waals surface area contributed by atoms with E-state index in [4.69, 9.17) is 0 Å². The summed E-state index contributed by atoms with van der Waals surface area (Å²) in [5.74, 6) is 0. The van der Waals surface area contributed by atoms with Crippen LogP contribution < -0.4 is 10.9 Å². The summed E-state index contributed by atoms with van der Waals surface area (Å²) in [6.45, 7) is 3.70. The Balaban J connectivity index is 2.07. The Morgan fingerprint density at radius 1 is 1.61 bits per heavy atom. The molecule has 0 saturated heterocycles. The van der Waals surface area contributed by atoms with Crippen molar-refractivity contribution in [2.75, 3.05) is 13.1 Å². The van der Waals surface area contributed by atoms with Crippen molar-refractivity contribution in [1.82, 2.24) is 14.9 Å². The van der Waals surface area contributed by atoms with Gasteiger partial charge in [-0.25, -0.2) is 4.98 Å². The van der Waals surface area contributed by atoms with Crippen LogP contribution in [0, 0.1) is 0 Å². The van der Waals surface area contributed by atoms with Gasteiger partial charge in [0.25, 0.3) is 5.56 Å². The molecule has 0 aliphatic carbocycles. The number of aromatic nitrogens is 2. The number of nitrogens with one attached hydrogen (secondary N) is 1. The Bertz CT molecular complexity index is 564. The Labute approximate surface area is 109 Å². The van der Waals surface area contributed by atoms with E-state index in [0.29, 0.717) is 11.2 Å². The van der Waals surface area contributed by atoms with Crippen molar-refractivity contribution in [2.45, 2.75) is 26.0 Å². The molecule has 0 aliphatic rings. The van der Waals surface area contributed by atoms with Gasteiger partial charge in [0.2, 0.25) is 0 Å². The van der Waals surface area contributed by atoms with Gasteiger partial charge in [-0.3, -0.25) is 9.36 Å². The van der Waals surface area contributed by atoms with Gasteiger partial charge in [0.05, 0.1) is 24.5 Å². The van der Waals surface area contributed by atoms with Crippen molar-refractivity contribution in [3.8, 4) is 0 Å². The SMILES string of the molecule is CCCNCC(O)Cn1cnc2ccsc2c1=O. The van der Waals surface area contributed by atoms with Gasteiger partial charge in [-0.1, -0.05) is 6.92 Å². The molecule has 2 N–H and O–H groups in total. The Morgan fingerprint density at radius 2 is 2.44 bits per heavy atom. The summed E-state index contributed by atoms with van der Waals surface area (Å²) in [4.78, 5) is 16.3. The number of thiophene rings is 1. The molecular formula is C12H17N3O2S. The number of hydrogen-bond donors (Lipinski definition) is 2. The summed E-state index contributed by atoms with van der Waals surface area (Å²) in [6, 6.07) is 1.82. The zero-order valence-electron chi connectivity index (χ0n) is 10.3. The molecule has 1 unspecified atom stereocenters. The first kappa shape index (κ1) is 13.2. The molecule has 6 heteroatoms. The number of fused-ring (bicyclic) bond motifs is 1. The number of aliphatic hydroxyl groups excluding tert-OH is 1. The van der Waals surface area contributed by atoms with E-state index < -0.39 is 6.10 Å². The largest absolute Gasteiger partial charge is 0.390 e. The fourth-order valence-electron chi connectivity index (χ4n) is 1.75. The van der Waals surface area contributed by atoms with Crippen molar-refractivity contribution in [3.05, 3.63) is 28.1 Å². The molecular weight excluding hydrogens is 250 g/mol. The van der Waals surface area contributed by atoms with Crippen LogP contribution in [0.3, 0.4) is 0 Å². The van der Waals surface area contributed by atoms with Gasteiger partial charge in [0.15, 0.2) is 0 Å². The fraction of sp³-hybridized carbons (Fsp3) is 0.500. The smallest absolute Gasteiger partial charge is 0.271 e. The molecule has 2 aromatic heterocycles. The number of rotatable bonds is 6. The molecule has 0 amide bonds. The first-order valence-electron chi connectivity index (χ1n) is 6.03. The van der Waals surface area contributed by atoms with Crippen molar-refractivity contribution in [2.24, 2.45) is 0 Å². The molecule has 2 rings (SSSR count). The fourth-order valence-corrected chi connectivity index (χ4v) is 2.54. The molecule has 0 bridgehead atoms. The van der Waals surface area contributed by atoms with Crippen LogP contribution >= 0.6 is 11.3 Å². The lowest BCUT2D eigenvalue weighted by Gasteiger charge is -2.12. The molecule has 0 aromatic carbocycles. The molecule has 0 spiro atoms. The van der Waals surface area contributed by atoms with Gasteiger partial charge in [-0.15, -0.1) is 11.3 Å². The topological polar surface area (TPSA) is 67.2 Å². The van der Waals surface area contributed by atoms with Gasteiger partial charge < -0.3 is 10.4 Å². The maximum Gasteiger partial charge on any atom is 0.271 e. The molecule has 1 atom stereocenters. The van der Waals surface area contributed by atoms with Crippen molar-refractivity contribution in [3.63, 3.8) is 0 Å². The highest BCUT2D eigenvalue weighted by Gasteiger charge is 2.09. The van der Waals surface area contributed by atoms with E-state index in [9.17, 15) is 9.90 Å². The first-order chi connectivity index (χ1) is 8.72. The van der Waals surface area contributed by atoms with Gasteiger partial charge in [-0.05, 0) is 24.4 Å². The highest BCUT2D eigenvalue weighted by atomic mass is 32.1. The Kier molecular flexibility index (Phi) is 4.46. The second kappa shape index (κ2) is 6.08. The van der Waals surface area contributed by atoms with Gasteiger partial charge >= 0.3 is 0 Å². The number of nitrogens with zero attached hydrogens (tertiary/aromatic N) is 2. The maximum absolute atomic E-state index is 12.1. The summed E-state index contributed by atoms with van der Waals surface area (Å²) in [5.41, 5.74) is 0.643. The lowest BCUT2D eigenvalue weighted by Crippen LogP contribution is -2.34. The van der Waals surface area contributed by atoms with Crippen LogP contribution in [0.5, 0.6) is 0 Å².